The fourth-order valence-corrected chi connectivity index (χ4v) is 10.8. The molecule has 13 aromatic rings. The number of fused-ring (bicyclic) bond motifs is 6. The molecule has 0 aromatic heterocycles. The lowest BCUT2D eigenvalue weighted by Gasteiger charge is -2.18. The second-order valence-electron chi connectivity index (χ2n) is 17.5. The van der Waals surface area contributed by atoms with Gasteiger partial charge in [0.05, 0.1) is 0 Å². The molecule has 0 N–H and O–H groups in total. The molecule has 0 aliphatic rings. The summed E-state index contributed by atoms with van der Waals surface area (Å²) in [6.45, 7) is 0. The van der Waals surface area contributed by atoms with Crippen molar-refractivity contribution in [3.8, 4) is 66.8 Å². The zero-order valence-electron chi connectivity index (χ0n) is 36.2. The molecule has 0 saturated carbocycles. The van der Waals surface area contributed by atoms with Crippen molar-refractivity contribution in [3.05, 3.63) is 255 Å². The molecule has 0 aliphatic carbocycles. The summed E-state index contributed by atoms with van der Waals surface area (Å²) in [5.74, 6) is 0. The van der Waals surface area contributed by atoms with Crippen LogP contribution in [0.4, 0.5) is 0 Å². The predicted octanol–water partition coefficient (Wildman–Crippen LogP) is 18.6. The van der Waals surface area contributed by atoms with Gasteiger partial charge in [-0.3, -0.25) is 0 Å². The largest absolute Gasteiger partial charge is 0.0622 e. The van der Waals surface area contributed by atoms with Gasteiger partial charge in [-0.15, -0.1) is 0 Å². The maximum absolute atomic E-state index is 2.38. The van der Waals surface area contributed by atoms with Crippen LogP contribution in [0.25, 0.3) is 131 Å². The average molecular weight is 835 g/mol. The number of benzene rings is 13. The Labute approximate surface area is 384 Å². The minimum absolute atomic E-state index is 1.21. The molecular formula is C66H42. The van der Waals surface area contributed by atoms with E-state index >= 15 is 0 Å². The predicted molar refractivity (Wildman–Crippen MR) is 284 cm³/mol. The number of hydrogen-bond acceptors (Lipinski definition) is 0. The lowest BCUT2D eigenvalue weighted by Crippen LogP contribution is -1.91. The van der Waals surface area contributed by atoms with E-state index in [9.17, 15) is 0 Å². The molecule has 0 fully saturated rings. The molecule has 306 valence electrons. The number of hydrogen-bond donors (Lipinski definition) is 0. The third kappa shape index (κ3) is 6.22. The average Bonchev–Trinajstić information content (AvgIpc) is 3.39. The Morgan fingerprint density at radius 3 is 0.955 bits per heavy atom. The van der Waals surface area contributed by atoms with Gasteiger partial charge in [0.1, 0.15) is 0 Å². The van der Waals surface area contributed by atoms with E-state index in [1.165, 1.54) is 131 Å². The normalized spacial score (nSPS) is 11.6. The van der Waals surface area contributed by atoms with E-state index in [1.54, 1.807) is 0 Å². The van der Waals surface area contributed by atoms with E-state index < -0.39 is 0 Å². The van der Waals surface area contributed by atoms with Crippen molar-refractivity contribution < 1.29 is 0 Å². The van der Waals surface area contributed by atoms with Crippen molar-refractivity contribution in [2.45, 2.75) is 0 Å². The monoisotopic (exact) mass is 834 g/mol. The topological polar surface area (TPSA) is 0 Å². The van der Waals surface area contributed by atoms with Crippen molar-refractivity contribution in [1.29, 1.82) is 0 Å². The Morgan fingerprint density at radius 1 is 0.152 bits per heavy atom. The van der Waals surface area contributed by atoms with Gasteiger partial charge in [-0.05, 0) is 144 Å². The third-order valence-electron chi connectivity index (χ3n) is 13.8. The van der Waals surface area contributed by atoms with Gasteiger partial charge in [-0.1, -0.05) is 243 Å². The second kappa shape index (κ2) is 15.6. The molecule has 0 saturated heterocycles. The van der Waals surface area contributed by atoms with E-state index in [0.717, 1.165) is 0 Å². The second-order valence-corrected chi connectivity index (χ2v) is 17.5. The molecule has 0 heteroatoms. The van der Waals surface area contributed by atoms with Gasteiger partial charge in [0.15, 0.2) is 0 Å². The fourth-order valence-electron chi connectivity index (χ4n) is 10.8. The van der Waals surface area contributed by atoms with Crippen LogP contribution in [0.15, 0.2) is 255 Å². The van der Waals surface area contributed by atoms with Crippen LogP contribution >= 0.6 is 0 Å². The molecule has 0 nitrogen and oxygen atoms in total. The fraction of sp³-hybridized carbons (Fsp3) is 0. The molecule has 0 bridgehead atoms. The highest BCUT2D eigenvalue weighted by Crippen LogP contribution is 2.46. The van der Waals surface area contributed by atoms with Crippen LogP contribution in [0.5, 0.6) is 0 Å². The zero-order chi connectivity index (χ0) is 43.6. The summed E-state index contributed by atoms with van der Waals surface area (Å²) in [5.41, 5.74) is 14.9. The summed E-state index contributed by atoms with van der Waals surface area (Å²) in [5, 5.41) is 15.1. The first-order valence-corrected chi connectivity index (χ1v) is 22.9. The van der Waals surface area contributed by atoms with Crippen molar-refractivity contribution >= 4 is 64.6 Å². The summed E-state index contributed by atoms with van der Waals surface area (Å²) in [4.78, 5) is 0. The van der Waals surface area contributed by atoms with Crippen LogP contribution in [0.1, 0.15) is 0 Å². The van der Waals surface area contributed by atoms with Crippen LogP contribution in [0, 0.1) is 0 Å². The molecular weight excluding hydrogens is 793 g/mol. The van der Waals surface area contributed by atoms with Gasteiger partial charge in [0, 0.05) is 0 Å². The van der Waals surface area contributed by atoms with Gasteiger partial charge in [-0.25, -0.2) is 0 Å². The quantitative estimate of drug-likeness (QED) is 0.146. The van der Waals surface area contributed by atoms with Crippen LogP contribution in [0.2, 0.25) is 0 Å². The van der Waals surface area contributed by atoms with Gasteiger partial charge in [0.2, 0.25) is 0 Å². The van der Waals surface area contributed by atoms with Crippen LogP contribution in [-0.2, 0) is 0 Å². The Morgan fingerprint density at radius 2 is 0.470 bits per heavy atom. The van der Waals surface area contributed by atoms with Gasteiger partial charge in [0.25, 0.3) is 0 Å². The summed E-state index contributed by atoms with van der Waals surface area (Å²) < 4.78 is 0. The molecule has 0 amide bonds. The number of rotatable bonds is 6. The molecule has 0 radical (unpaired) electrons. The Bertz CT molecular complexity index is 3890. The first-order chi connectivity index (χ1) is 32.7. The molecule has 13 aromatic carbocycles. The lowest BCUT2D eigenvalue weighted by atomic mass is 9.85. The Hall–Kier alpha value is -8.58. The summed E-state index contributed by atoms with van der Waals surface area (Å²) >= 11 is 0. The molecule has 0 heterocycles. The van der Waals surface area contributed by atoms with E-state index in [2.05, 4.69) is 255 Å². The first-order valence-electron chi connectivity index (χ1n) is 22.9. The highest BCUT2D eigenvalue weighted by atomic mass is 14.2. The molecule has 0 spiro atoms. The van der Waals surface area contributed by atoms with Crippen molar-refractivity contribution in [1.82, 2.24) is 0 Å². The smallest absolute Gasteiger partial charge is 0.00262 e. The third-order valence-corrected chi connectivity index (χ3v) is 13.8. The van der Waals surface area contributed by atoms with E-state index in [0.29, 0.717) is 0 Å². The van der Waals surface area contributed by atoms with Crippen molar-refractivity contribution in [2.24, 2.45) is 0 Å². The van der Waals surface area contributed by atoms with Gasteiger partial charge >= 0.3 is 0 Å². The first kappa shape index (κ1) is 37.9. The molecule has 0 unspecified atom stereocenters. The van der Waals surface area contributed by atoms with Crippen molar-refractivity contribution in [3.63, 3.8) is 0 Å². The molecule has 0 aliphatic heterocycles. The van der Waals surface area contributed by atoms with E-state index in [-0.39, 0.29) is 0 Å². The minimum atomic E-state index is 1.21. The Balaban J connectivity index is 0.870. The van der Waals surface area contributed by atoms with E-state index in [1.807, 2.05) is 0 Å². The lowest BCUT2D eigenvalue weighted by molar-refractivity contribution is 1.62. The SMILES string of the molecule is c1ccc(-c2c3ccccc3c(-c3ccc(-c4ccc5cc(-c6c7ccccc7c(-c7ccc(-c8cccc9ccccc89)cc7)c7ccccc67)ccc5c4)cc3)c3ccccc23)cc1. The zero-order valence-corrected chi connectivity index (χ0v) is 36.2. The Kier molecular flexibility index (Phi) is 8.96. The molecule has 0 atom stereocenters. The standard InChI is InChI=1S/C66H42/c1-2-16-46(17-3-1)63-55-20-6-8-22-57(55)64(58-23-9-7-21-56(58)63)47-33-29-43(30-34-47)49-37-38-51-42-52(40-39-50(51)41-49)66-61-26-12-10-24-59(61)65(60-25-11-13-27-62(60)66)48-35-31-45(32-36-48)54-28-14-18-44-15-4-5-19-53(44)54/h1-42H. The highest BCUT2D eigenvalue weighted by molar-refractivity contribution is 6.23. The maximum atomic E-state index is 2.38. The van der Waals surface area contributed by atoms with Gasteiger partial charge in [-0.2, -0.15) is 0 Å². The van der Waals surface area contributed by atoms with Crippen LogP contribution in [-0.4, -0.2) is 0 Å². The molecule has 13 rings (SSSR count). The summed E-state index contributed by atoms with van der Waals surface area (Å²) in [6.07, 6.45) is 0. The highest BCUT2D eigenvalue weighted by Gasteiger charge is 2.19. The summed E-state index contributed by atoms with van der Waals surface area (Å²) in [6, 6.07) is 94.0. The maximum Gasteiger partial charge on any atom is -0.00262 e. The van der Waals surface area contributed by atoms with E-state index in [4.69, 9.17) is 0 Å². The van der Waals surface area contributed by atoms with Crippen molar-refractivity contribution in [2.75, 3.05) is 0 Å². The van der Waals surface area contributed by atoms with Crippen LogP contribution in [0.3, 0.4) is 0 Å². The molecule has 66 heavy (non-hydrogen) atoms. The summed E-state index contributed by atoms with van der Waals surface area (Å²) in [7, 11) is 0. The van der Waals surface area contributed by atoms with Crippen LogP contribution < -0.4 is 0 Å². The minimum Gasteiger partial charge on any atom is -0.0622 e. The van der Waals surface area contributed by atoms with Gasteiger partial charge < -0.3 is 0 Å².